The standard InChI is InChI=1S/C25H31N3O5/c1-18(29)26-22(19-9-11-20(32-2)12-10-19)17-24(30)27-13-6-14-28(16-15-27)25(31)21-7-4-5-8-23(21)33-3/h4-5,7-12,22H,6,13-17H2,1-3H3,(H,26,29). The number of amides is 3. The fraction of sp³-hybridized carbons (Fsp3) is 0.400. The fourth-order valence-corrected chi connectivity index (χ4v) is 4.00. The van der Waals surface area contributed by atoms with E-state index in [0.717, 1.165) is 5.56 Å². The van der Waals surface area contributed by atoms with Gasteiger partial charge in [0.25, 0.3) is 5.91 Å². The van der Waals surface area contributed by atoms with E-state index in [-0.39, 0.29) is 24.1 Å². The molecule has 33 heavy (non-hydrogen) atoms. The molecule has 1 fully saturated rings. The largest absolute Gasteiger partial charge is 0.497 e. The summed E-state index contributed by atoms with van der Waals surface area (Å²) in [6.07, 6.45) is 0.826. The van der Waals surface area contributed by atoms with Crippen molar-refractivity contribution in [2.75, 3.05) is 40.4 Å². The van der Waals surface area contributed by atoms with E-state index >= 15 is 0 Å². The average molecular weight is 454 g/mol. The number of carbonyl (C=O) groups excluding carboxylic acids is 3. The van der Waals surface area contributed by atoms with Gasteiger partial charge in [-0.15, -0.1) is 0 Å². The van der Waals surface area contributed by atoms with Crippen LogP contribution in [0.25, 0.3) is 0 Å². The number of benzene rings is 2. The van der Waals surface area contributed by atoms with E-state index in [0.29, 0.717) is 49.7 Å². The van der Waals surface area contributed by atoms with Crippen LogP contribution in [0.15, 0.2) is 48.5 Å². The lowest BCUT2D eigenvalue weighted by Crippen LogP contribution is -2.39. The number of para-hydroxylation sites is 1. The van der Waals surface area contributed by atoms with E-state index in [1.807, 2.05) is 36.4 Å². The van der Waals surface area contributed by atoms with Crippen LogP contribution >= 0.6 is 0 Å². The highest BCUT2D eigenvalue weighted by atomic mass is 16.5. The summed E-state index contributed by atoms with van der Waals surface area (Å²) in [7, 11) is 3.13. The Morgan fingerprint density at radius 2 is 1.58 bits per heavy atom. The molecule has 0 saturated carbocycles. The molecular weight excluding hydrogens is 422 g/mol. The van der Waals surface area contributed by atoms with Crippen LogP contribution in [0.2, 0.25) is 0 Å². The first-order valence-electron chi connectivity index (χ1n) is 11.0. The molecule has 1 atom stereocenters. The number of carbonyl (C=O) groups is 3. The Labute approximate surface area is 194 Å². The molecule has 1 heterocycles. The Hall–Kier alpha value is -3.55. The molecule has 8 heteroatoms. The first-order valence-corrected chi connectivity index (χ1v) is 11.0. The summed E-state index contributed by atoms with van der Waals surface area (Å²) in [6, 6.07) is 14.0. The van der Waals surface area contributed by atoms with E-state index in [9.17, 15) is 14.4 Å². The zero-order valence-corrected chi connectivity index (χ0v) is 19.4. The summed E-state index contributed by atoms with van der Waals surface area (Å²) in [5.41, 5.74) is 1.35. The molecule has 1 saturated heterocycles. The van der Waals surface area contributed by atoms with Crippen molar-refractivity contribution in [3.8, 4) is 11.5 Å². The minimum Gasteiger partial charge on any atom is -0.497 e. The van der Waals surface area contributed by atoms with Crippen molar-refractivity contribution in [3.05, 3.63) is 59.7 Å². The maximum absolute atomic E-state index is 13.1. The number of nitrogens with one attached hydrogen (secondary N) is 1. The normalized spacial score (nSPS) is 14.8. The molecule has 176 valence electrons. The second-order valence-corrected chi connectivity index (χ2v) is 7.96. The molecule has 0 radical (unpaired) electrons. The van der Waals surface area contributed by atoms with Crippen LogP contribution in [-0.4, -0.2) is 67.9 Å². The van der Waals surface area contributed by atoms with E-state index in [1.165, 1.54) is 6.92 Å². The van der Waals surface area contributed by atoms with Gasteiger partial charge < -0.3 is 24.6 Å². The minimum absolute atomic E-state index is 0.0591. The van der Waals surface area contributed by atoms with Crippen LogP contribution in [0.1, 0.15) is 41.7 Å². The maximum Gasteiger partial charge on any atom is 0.257 e. The number of hydrogen-bond acceptors (Lipinski definition) is 5. The van der Waals surface area contributed by atoms with Crippen molar-refractivity contribution >= 4 is 17.7 Å². The van der Waals surface area contributed by atoms with Crippen LogP contribution in [0, 0.1) is 0 Å². The molecule has 3 amide bonds. The summed E-state index contributed by atoms with van der Waals surface area (Å²) in [5, 5.41) is 2.87. The lowest BCUT2D eigenvalue weighted by Gasteiger charge is -2.25. The van der Waals surface area contributed by atoms with E-state index < -0.39 is 6.04 Å². The highest BCUT2D eigenvalue weighted by molar-refractivity contribution is 5.97. The summed E-state index contributed by atoms with van der Waals surface area (Å²) >= 11 is 0. The molecular formula is C25H31N3O5. The monoisotopic (exact) mass is 453 g/mol. The van der Waals surface area contributed by atoms with Crippen LogP contribution < -0.4 is 14.8 Å². The first kappa shape index (κ1) is 24.1. The van der Waals surface area contributed by atoms with Crippen molar-refractivity contribution in [2.45, 2.75) is 25.8 Å². The zero-order chi connectivity index (χ0) is 23.8. The molecule has 1 unspecified atom stereocenters. The van der Waals surface area contributed by atoms with Gasteiger partial charge in [-0.2, -0.15) is 0 Å². The van der Waals surface area contributed by atoms with E-state index in [4.69, 9.17) is 9.47 Å². The summed E-state index contributed by atoms with van der Waals surface area (Å²) in [6.45, 7) is 3.44. The number of hydrogen-bond donors (Lipinski definition) is 1. The predicted octanol–water partition coefficient (Wildman–Crippen LogP) is 2.65. The summed E-state index contributed by atoms with van der Waals surface area (Å²) < 4.78 is 10.5. The second-order valence-electron chi connectivity index (χ2n) is 7.96. The van der Waals surface area contributed by atoms with Gasteiger partial charge in [-0.25, -0.2) is 0 Å². The smallest absolute Gasteiger partial charge is 0.257 e. The molecule has 1 N–H and O–H groups in total. The number of rotatable bonds is 7. The van der Waals surface area contributed by atoms with Crippen molar-refractivity contribution < 1.29 is 23.9 Å². The van der Waals surface area contributed by atoms with E-state index in [2.05, 4.69) is 5.32 Å². The van der Waals surface area contributed by atoms with Gasteiger partial charge in [0.1, 0.15) is 11.5 Å². The molecule has 8 nitrogen and oxygen atoms in total. The SMILES string of the molecule is COc1ccc(C(CC(=O)N2CCCN(C(=O)c3ccccc3OC)CC2)NC(C)=O)cc1. The predicted molar refractivity (Wildman–Crippen MR) is 124 cm³/mol. The molecule has 3 rings (SSSR count). The van der Waals surface area contributed by atoms with Crippen LogP contribution in [0.5, 0.6) is 11.5 Å². The molecule has 2 aromatic rings. The van der Waals surface area contributed by atoms with Gasteiger partial charge in [-0.3, -0.25) is 14.4 Å². The fourth-order valence-electron chi connectivity index (χ4n) is 4.00. The van der Waals surface area contributed by atoms with Gasteiger partial charge >= 0.3 is 0 Å². The molecule has 0 bridgehead atoms. The highest BCUT2D eigenvalue weighted by Crippen LogP contribution is 2.23. The van der Waals surface area contributed by atoms with Gasteiger partial charge in [-0.05, 0) is 36.2 Å². The first-order chi connectivity index (χ1) is 15.9. The molecule has 0 aromatic heterocycles. The quantitative estimate of drug-likeness (QED) is 0.696. The Morgan fingerprint density at radius 3 is 2.24 bits per heavy atom. The van der Waals surface area contributed by atoms with Crippen molar-refractivity contribution in [3.63, 3.8) is 0 Å². The number of ether oxygens (including phenoxy) is 2. The Bertz CT molecular complexity index is 976. The van der Waals surface area contributed by atoms with Gasteiger partial charge in [0.05, 0.1) is 32.2 Å². The third-order valence-corrected chi connectivity index (χ3v) is 5.75. The highest BCUT2D eigenvalue weighted by Gasteiger charge is 2.26. The van der Waals surface area contributed by atoms with E-state index in [1.54, 1.807) is 36.2 Å². The van der Waals surface area contributed by atoms with Crippen LogP contribution in [0.4, 0.5) is 0 Å². The van der Waals surface area contributed by atoms with Crippen molar-refractivity contribution in [2.24, 2.45) is 0 Å². The molecule has 1 aliphatic heterocycles. The maximum atomic E-state index is 13.1. The van der Waals surface area contributed by atoms with Crippen molar-refractivity contribution in [1.29, 1.82) is 0 Å². The molecule has 2 aromatic carbocycles. The minimum atomic E-state index is -0.435. The van der Waals surface area contributed by atoms with Crippen LogP contribution in [0.3, 0.4) is 0 Å². The topological polar surface area (TPSA) is 88.2 Å². The van der Waals surface area contributed by atoms with Gasteiger partial charge in [0.15, 0.2) is 0 Å². The Balaban J connectivity index is 1.65. The molecule has 0 spiro atoms. The number of nitrogens with zero attached hydrogens (tertiary/aromatic N) is 2. The zero-order valence-electron chi connectivity index (χ0n) is 19.4. The Kier molecular flexibility index (Phi) is 8.29. The van der Waals surface area contributed by atoms with Gasteiger partial charge in [0.2, 0.25) is 11.8 Å². The Morgan fingerprint density at radius 1 is 0.909 bits per heavy atom. The molecule has 1 aliphatic rings. The molecule has 0 aliphatic carbocycles. The van der Waals surface area contributed by atoms with Gasteiger partial charge in [-0.1, -0.05) is 24.3 Å². The third-order valence-electron chi connectivity index (χ3n) is 5.75. The lowest BCUT2D eigenvalue weighted by molar-refractivity contribution is -0.131. The van der Waals surface area contributed by atoms with Crippen LogP contribution in [-0.2, 0) is 9.59 Å². The second kappa shape index (κ2) is 11.4. The van der Waals surface area contributed by atoms with Crippen molar-refractivity contribution in [1.82, 2.24) is 15.1 Å². The average Bonchev–Trinajstić information content (AvgIpc) is 3.09. The summed E-state index contributed by atoms with van der Waals surface area (Å²) in [5.74, 6) is 0.886. The number of methoxy groups -OCH3 is 2. The third kappa shape index (κ3) is 6.25. The summed E-state index contributed by atoms with van der Waals surface area (Å²) in [4.78, 5) is 41.4. The lowest BCUT2D eigenvalue weighted by atomic mass is 10.0. The van der Waals surface area contributed by atoms with Gasteiger partial charge in [0, 0.05) is 33.1 Å².